The van der Waals surface area contributed by atoms with Gasteiger partial charge in [-0.25, -0.2) is 4.98 Å². The van der Waals surface area contributed by atoms with Crippen molar-refractivity contribution in [2.24, 2.45) is 0 Å². The first kappa shape index (κ1) is 13.6. The molecular weight excluding hydrogens is 290 g/mol. The van der Waals surface area contributed by atoms with Gasteiger partial charge in [-0.2, -0.15) is 5.10 Å². The molecule has 0 aliphatic heterocycles. The molecule has 0 saturated heterocycles. The number of imidazole rings is 1. The van der Waals surface area contributed by atoms with Gasteiger partial charge in [0.2, 0.25) is 0 Å². The van der Waals surface area contributed by atoms with Crippen molar-refractivity contribution in [3.05, 3.63) is 36.9 Å². The predicted molar refractivity (Wildman–Crippen MR) is 78.1 cm³/mol. The van der Waals surface area contributed by atoms with Crippen LogP contribution in [0.15, 0.2) is 42.1 Å². The number of thioether (sulfide) groups is 1. The topological polar surface area (TPSA) is 85.8 Å². The molecule has 0 unspecified atom stereocenters. The summed E-state index contributed by atoms with van der Waals surface area (Å²) in [5, 5.41) is 13.7. The number of aromatic nitrogens is 5. The van der Waals surface area contributed by atoms with Crippen LogP contribution in [0.2, 0.25) is 0 Å². The molecule has 21 heavy (non-hydrogen) atoms. The lowest BCUT2D eigenvalue weighted by atomic mass is 10.4. The first-order chi connectivity index (χ1) is 10.2. The lowest BCUT2D eigenvalue weighted by molar-refractivity contribution is -0.133. The standard InChI is InChI=1S/C13H13N5O2S/c19-12(20)9-21-13-16-10-8-14-4-2-11(10)18(13)7-6-17-5-1-3-15-17/h1-5,8H,6-7,9H2,(H,19,20). The number of hydrogen-bond donors (Lipinski definition) is 1. The Morgan fingerprint density at radius 3 is 3.00 bits per heavy atom. The molecule has 0 radical (unpaired) electrons. The Balaban J connectivity index is 1.89. The van der Waals surface area contributed by atoms with E-state index in [0.717, 1.165) is 11.0 Å². The van der Waals surface area contributed by atoms with Gasteiger partial charge in [-0.05, 0) is 12.1 Å². The molecular formula is C13H13N5O2S. The Labute approximate surface area is 124 Å². The number of carbonyl (C=O) groups is 1. The van der Waals surface area contributed by atoms with E-state index in [2.05, 4.69) is 15.1 Å². The van der Waals surface area contributed by atoms with E-state index in [1.807, 2.05) is 27.6 Å². The molecule has 3 aromatic heterocycles. The fourth-order valence-corrected chi connectivity index (χ4v) is 2.81. The average Bonchev–Trinajstić information content (AvgIpc) is 3.10. The second-order valence-electron chi connectivity index (χ2n) is 4.36. The number of nitrogens with zero attached hydrogens (tertiary/aromatic N) is 5. The molecule has 0 amide bonds. The van der Waals surface area contributed by atoms with Crippen LogP contribution in [0.1, 0.15) is 0 Å². The Kier molecular flexibility index (Phi) is 3.87. The molecule has 0 bridgehead atoms. The van der Waals surface area contributed by atoms with E-state index in [0.29, 0.717) is 18.2 Å². The van der Waals surface area contributed by atoms with Crippen LogP contribution in [-0.2, 0) is 17.9 Å². The molecule has 7 nitrogen and oxygen atoms in total. The van der Waals surface area contributed by atoms with Gasteiger partial charge in [0.25, 0.3) is 0 Å². The number of carboxylic acids is 1. The van der Waals surface area contributed by atoms with Crippen molar-refractivity contribution in [2.75, 3.05) is 5.75 Å². The van der Waals surface area contributed by atoms with Gasteiger partial charge in [0.05, 0.1) is 24.0 Å². The fraction of sp³-hybridized carbons (Fsp3) is 0.231. The number of rotatable bonds is 6. The van der Waals surface area contributed by atoms with Crippen LogP contribution in [0.3, 0.4) is 0 Å². The molecule has 3 heterocycles. The molecule has 0 aromatic carbocycles. The molecule has 0 spiro atoms. The van der Waals surface area contributed by atoms with E-state index in [9.17, 15) is 4.79 Å². The lowest BCUT2D eigenvalue weighted by Crippen LogP contribution is -2.09. The molecule has 0 aliphatic carbocycles. The number of pyridine rings is 1. The van der Waals surface area contributed by atoms with Crippen molar-refractivity contribution in [2.45, 2.75) is 18.2 Å². The van der Waals surface area contributed by atoms with Crippen LogP contribution in [0, 0.1) is 0 Å². The van der Waals surface area contributed by atoms with Crippen LogP contribution in [0.25, 0.3) is 11.0 Å². The van der Waals surface area contributed by atoms with Crippen LogP contribution >= 0.6 is 11.8 Å². The SMILES string of the molecule is O=C(O)CSc1nc2cnccc2n1CCn1cccn1. The third-order valence-electron chi connectivity index (χ3n) is 2.95. The van der Waals surface area contributed by atoms with Crippen LogP contribution in [-0.4, -0.2) is 41.1 Å². The normalized spacial score (nSPS) is 11.0. The summed E-state index contributed by atoms with van der Waals surface area (Å²) < 4.78 is 3.84. The Hall–Kier alpha value is -2.35. The van der Waals surface area contributed by atoms with Crippen molar-refractivity contribution in [1.29, 1.82) is 0 Å². The molecule has 0 atom stereocenters. The summed E-state index contributed by atoms with van der Waals surface area (Å²) in [4.78, 5) is 19.3. The molecule has 0 fully saturated rings. The van der Waals surface area contributed by atoms with Gasteiger partial charge in [-0.1, -0.05) is 11.8 Å². The van der Waals surface area contributed by atoms with Crippen molar-refractivity contribution in [1.82, 2.24) is 24.3 Å². The predicted octanol–water partition coefficient (Wildman–Crippen LogP) is 1.50. The third-order valence-corrected chi connectivity index (χ3v) is 3.91. The van der Waals surface area contributed by atoms with Gasteiger partial charge in [0, 0.05) is 25.1 Å². The quantitative estimate of drug-likeness (QED) is 0.695. The molecule has 8 heteroatoms. The van der Waals surface area contributed by atoms with Crippen LogP contribution < -0.4 is 0 Å². The Morgan fingerprint density at radius 1 is 1.33 bits per heavy atom. The zero-order chi connectivity index (χ0) is 14.7. The first-order valence-corrected chi connectivity index (χ1v) is 7.35. The third kappa shape index (κ3) is 3.05. The minimum Gasteiger partial charge on any atom is -0.481 e. The number of aryl methyl sites for hydroxylation is 2. The molecule has 0 aliphatic rings. The summed E-state index contributed by atoms with van der Waals surface area (Å²) in [7, 11) is 0. The largest absolute Gasteiger partial charge is 0.481 e. The summed E-state index contributed by atoms with van der Waals surface area (Å²) in [6.45, 7) is 1.37. The Morgan fingerprint density at radius 2 is 2.24 bits per heavy atom. The highest BCUT2D eigenvalue weighted by molar-refractivity contribution is 7.99. The van der Waals surface area contributed by atoms with Crippen molar-refractivity contribution in [3.8, 4) is 0 Å². The van der Waals surface area contributed by atoms with Crippen molar-refractivity contribution < 1.29 is 9.90 Å². The van der Waals surface area contributed by atoms with E-state index < -0.39 is 5.97 Å². The maximum Gasteiger partial charge on any atom is 0.313 e. The summed E-state index contributed by atoms with van der Waals surface area (Å²) in [5.41, 5.74) is 1.72. The highest BCUT2D eigenvalue weighted by atomic mass is 32.2. The van der Waals surface area contributed by atoms with E-state index in [1.165, 1.54) is 11.8 Å². The summed E-state index contributed by atoms with van der Waals surface area (Å²) >= 11 is 1.21. The zero-order valence-electron chi connectivity index (χ0n) is 11.1. The maximum absolute atomic E-state index is 10.8. The monoisotopic (exact) mass is 303 g/mol. The first-order valence-electron chi connectivity index (χ1n) is 6.36. The number of hydrogen-bond acceptors (Lipinski definition) is 5. The summed E-state index contributed by atoms with van der Waals surface area (Å²) in [6, 6.07) is 3.76. The van der Waals surface area contributed by atoms with E-state index in [1.54, 1.807) is 18.6 Å². The number of aliphatic carboxylic acids is 1. The molecule has 3 aromatic rings. The second kappa shape index (κ2) is 5.96. The smallest absolute Gasteiger partial charge is 0.313 e. The average molecular weight is 303 g/mol. The number of fused-ring (bicyclic) bond motifs is 1. The molecule has 108 valence electrons. The highest BCUT2D eigenvalue weighted by Crippen LogP contribution is 2.23. The molecule has 3 rings (SSSR count). The van der Waals surface area contributed by atoms with Gasteiger partial charge in [-0.15, -0.1) is 0 Å². The minimum atomic E-state index is -0.858. The van der Waals surface area contributed by atoms with Gasteiger partial charge >= 0.3 is 5.97 Å². The van der Waals surface area contributed by atoms with Gasteiger partial charge in [-0.3, -0.25) is 14.5 Å². The fourth-order valence-electron chi connectivity index (χ4n) is 2.05. The van der Waals surface area contributed by atoms with Gasteiger partial charge in [0.1, 0.15) is 5.52 Å². The summed E-state index contributed by atoms with van der Waals surface area (Å²) in [6.07, 6.45) is 7.02. The lowest BCUT2D eigenvalue weighted by Gasteiger charge is -2.08. The van der Waals surface area contributed by atoms with Gasteiger partial charge < -0.3 is 9.67 Å². The van der Waals surface area contributed by atoms with Crippen LogP contribution in [0.5, 0.6) is 0 Å². The Bertz CT molecular complexity index is 753. The number of carboxylic acid groups (broad SMARTS) is 1. The van der Waals surface area contributed by atoms with Crippen molar-refractivity contribution in [3.63, 3.8) is 0 Å². The zero-order valence-corrected chi connectivity index (χ0v) is 11.9. The van der Waals surface area contributed by atoms with Crippen molar-refractivity contribution >= 4 is 28.8 Å². The summed E-state index contributed by atoms with van der Waals surface area (Å²) in [5.74, 6) is -0.873. The second-order valence-corrected chi connectivity index (χ2v) is 5.30. The molecule has 1 N–H and O–H groups in total. The molecule has 0 saturated carbocycles. The van der Waals surface area contributed by atoms with Crippen LogP contribution in [0.4, 0.5) is 0 Å². The maximum atomic E-state index is 10.8. The highest BCUT2D eigenvalue weighted by Gasteiger charge is 2.12. The van der Waals surface area contributed by atoms with E-state index in [4.69, 9.17) is 5.11 Å². The van der Waals surface area contributed by atoms with E-state index >= 15 is 0 Å². The van der Waals surface area contributed by atoms with Gasteiger partial charge in [0.15, 0.2) is 5.16 Å². The van der Waals surface area contributed by atoms with E-state index in [-0.39, 0.29) is 5.75 Å². The minimum absolute atomic E-state index is 0.0154.